The summed E-state index contributed by atoms with van der Waals surface area (Å²) in [5.41, 5.74) is 1.82. The fraction of sp³-hybridized carbons (Fsp3) is 0.176. The van der Waals surface area contributed by atoms with E-state index < -0.39 is 0 Å². The molecular formula is C17H16ClN3O. The molecule has 2 aromatic heterocycles. The highest BCUT2D eigenvalue weighted by Gasteiger charge is 2.15. The highest BCUT2D eigenvalue weighted by molar-refractivity contribution is 6.29. The molecule has 0 atom stereocenters. The van der Waals surface area contributed by atoms with Crippen molar-refractivity contribution in [2.45, 2.75) is 19.9 Å². The molecule has 0 saturated carbocycles. The number of benzene rings is 1. The van der Waals surface area contributed by atoms with Crippen LogP contribution in [-0.2, 0) is 0 Å². The van der Waals surface area contributed by atoms with Crippen LogP contribution in [0.15, 0.2) is 54.9 Å². The molecule has 2 heterocycles. The molecule has 1 aromatic carbocycles. The van der Waals surface area contributed by atoms with E-state index in [0.717, 1.165) is 11.3 Å². The van der Waals surface area contributed by atoms with Gasteiger partial charge in [0.25, 0.3) is 0 Å². The molecule has 0 saturated heterocycles. The van der Waals surface area contributed by atoms with Gasteiger partial charge in [-0.25, -0.2) is 4.98 Å². The number of ether oxygens (including phenoxy) is 1. The molecular weight excluding hydrogens is 298 g/mol. The number of halogens is 1. The fourth-order valence-corrected chi connectivity index (χ4v) is 2.25. The number of pyridine rings is 1. The molecule has 3 rings (SSSR count). The first kappa shape index (κ1) is 14.6. The minimum Gasteiger partial charge on any atom is -0.453 e. The van der Waals surface area contributed by atoms with Crippen LogP contribution in [0.1, 0.15) is 19.9 Å². The third kappa shape index (κ3) is 3.12. The molecule has 0 unspecified atom stereocenters. The SMILES string of the molecule is CC(C)n1cc(Oc2ccnc(Cl)c2)c(-c2ccccc2)n1. The van der Waals surface area contributed by atoms with Gasteiger partial charge in [0.1, 0.15) is 16.6 Å². The molecule has 0 aliphatic heterocycles. The monoisotopic (exact) mass is 313 g/mol. The lowest BCUT2D eigenvalue weighted by Gasteiger charge is -2.05. The molecule has 0 aliphatic carbocycles. The molecule has 5 heteroatoms. The van der Waals surface area contributed by atoms with Crippen molar-refractivity contribution in [2.24, 2.45) is 0 Å². The Hall–Kier alpha value is -2.33. The maximum Gasteiger partial charge on any atom is 0.173 e. The van der Waals surface area contributed by atoms with Crippen LogP contribution in [0.5, 0.6) is 11.5 Å². The van der Waals surface area contributed by atoms with Gasteiger partial charge < -0.3 is 4.74 Å². The summed E-state index contributed by atoms with van der Waals surface area (Å²) in [6.07, 6.45) is 3.52. The standard InChI is InChI=1S/C17H16ClN3O/c1-12(2)21-11-15(22-14-8-9-19-16(18)10-14)17(20-21)13-6-4-3-5-7-13/h3-12H,1-2H3. The van der Waals surface area contributed by atoms with Crippen molar-refractivity contribution in [3.8, 4) is 22.8 Å². The first-order chi connectivity index (χ1) is 10.6. The highest BCUT2D eigenvalue weighted by atomic mass is 35.5. The second kappa shape index (κ2) is 6.20. The van der Waals surface area contributed by atoms with Crippen molar-refractivity contribution >= 4 is 11.6 Å². The van der Waals surface area contributed by atoms with Crippen LogP contribution < -0.4 is 4.74 Å². The Morgan fingerprint density at radius 2 is 1.91 bits per heavy atom. The van der Waals surface area contributed by atoms with Gasteiger partial charge in [-0.3, -0.25) is 4.68 Å². The van der Waals surface area contributed by atoms with Crippen LogP contribution in [0.25, 0.3) is 11.3 Å². The number of rotatable bonds is 4. The first-order valence-electron chi connectivity index (χ1n) is 7.07. The molecule has 0 radical (unpaired) electrons. The van der Waals surface area contributed by atoms with E-state index in [1.54, 1.807) is 18.3 Å². The first-order valence-corrected chi connectivity index (χ1v) is 7.45. The van der Waals surface area contributed by atoms with E-state index in [0.29, 0.717) is 16.7 Å². The normalized spacial score (nSPS) is 10.9. The van der Waals surface area contributed by atoms with Crippen molar-refractivity contribution in [1.29, 1.82) is 0 Å². The van der Waals surface area contributed by atoms with Gasteiger partial charge in [-0.15, -0.1) is 0 Å². The molecule has 0 aliphatic rings. The lowest BCUT2D eigenvalue weighted by Crippen LogP contribution is -2.00. The number of hydrogen-bond donors (Lipinski definition) is 0. The van der Waals surface area contributed by atoms with Gasteiger partial charge in [0.15, 0.2) is 5.75 Å². The second-order valence-corrected chi connectivity index (χ2v) is 5.59. The molecule has 22 heavy (non-hydrogen) atoms. The van der Waals surface area contributed by atoms with Gasteiger partial charge in [-0.2, -0.15) is 5.10 Å². The van der Waals surface area contributed by atoms with E-state index in [1.165, 1.54) is 0 Å². The molecule has 0 amide bonds. The summed E-state index contributed by atoms with van der Waals surface area (Å²) in [7, 11) is 0. The summed E-state index contributed by atoms with van der Waals surface area (Å²) in [4.78, 5) is 3.96. The van der Waals surface area contributed by atoms with Crippen molar-refractivity contribution in [3.05, 3.63) is 60.0 Å². The lowest BCUT2D eigenvalue weighted by atomic mass is 10.1. The average molecular weight is 314 g/mol. The van der Waals surface area contributed by atoms with Crippen molar-refractivity contribution in [1.82, 2.24) is 14.8 Å². The Labute approximate surface area is 134 Å². The van der Waals surface area contributed by atoms with Crippen molar-refractivity contribution in [3.63, 3.8) is 0 Å². The summed E-state index contributed by atoms with van der Waals surface area (Å²) in [6, 6.07) is 13.7. The highest BCUT2D eigenvalue weighted by Crippen LogP contribution is 2.33. The Morgan fingerprint density at radius 3 is 2.59 bits per heavy atom. The van der Waals surface area contributed by atoms with Gasteiger partial charge in [0.05, 0.1) is 6.20 Å². The molecule has 4 nitrogen and oxygen atoms in total. The van der Waals surface area contributed by atoms with Crippen molar-refractivity contribution < 1.29 is 4.74 Å². The summed E-state index contributed by atoms with van der Waals surface area (Å²) >= 11 is 5.91. The summed E-state index contributed by atoms with van der Waals surface area (Å²) in [5, 5.41) is 5.04. The lowest BCUT2D eigenvalue weighted by molar-refractivity contribution is 0.477. The minimum absolute atomic E-state index is 0.251. The van der Waals surface area contributed by atoms with Gasteiger partial charge in [-0.1, -0.05) is 41.9 Å². The fourth-order valence-electron chi connectivity index (χ4n) is 2.09. The zero-order valence-electron chi connectivity index (χ0n) is 12.4. The molecule has 0 fully saturated rings. The van der Waals surface area contributed by atoms with Gasteiger partial charge >= 0.3 is 0 Å². The van der Waals surface area contributed by atoms with Gasteiger partial charge in [-0.05, 0) is 19.9 Å². The zero-order chi connectivity index (χ0) is 15.5. The largest absolute Gasteiger partial charge is 0.453 e. The van der Waals surface area contributed by atoms with Crippen LogP contribution in [0, 0.1) is 0 Å². The van der Waals surface area contributed by atoms with E-state index >= 15 is 0 Å². The maximum atomic E-state index is 5.97. The van der Waals surface area contributed by atoms with Crippen LogP contribution in [-0.4, -0.2) is 14.8 Å². The number of aromatic nitrogens is 3. The van der Waals surface area contributed by atoms with Gasteiger partial charge in [0.2, 0.25) is 0 Å². The minimum atomic E-state index is 0.251. The van der Waals surface area contributed by atoms with Crippen LogP contribution in [0.3, 0.4) is 0 Å². The summed E-state index contributed by atoms with van der Waals surface area (Å²) in [6.45, 7) is 4.16. The predicted molar refractivity (Wildman–Crippen MR) is 87.4 cm³/mol. The molecule has 3 aromatic rings. The quantitative estimate of drug-likeness (QED) is 0.638. The van der Waals surface area contributed by atoms with Gasteiger partial charge in [0, 0.05) is 23.9 Å². The average Bonchev–Trinajstić information content (AvgIpc) is 2.92. The topological polar surface area (TPSA) is 39.9 Å². The summed E-state index contributed by atoms with van der Waals surface area (Å²) < 4.78 is 7.86. The van der Waals surface area contributed by atoms with E-state index in [2.05, 4.69) is 23.9 Å². The Morgan fingerprint density at radius 1 is 1.14 bits per heavy atom. The smallest absolute Gasteiger partial charge is 0.173 e. The van der Waals surface area contributed by atoms with E-state index in [4.69, 9.17) is 16.3 Å². The number of nitrogens with zero attached hydrogens (tertiary/aromatic N) is 3. The molecule has 0 N–H and O–H groups in total. The molecule has 0 spiro atoms. The maximum absolute atomic E-state index is 5.97. The molecule has 0 bridgehead atoms. The third-order valence-corrected chi connectivity index (χ3v) is 3.41. The van der Waals surface area contributed by atoms with E-state index in [-0.39, 0.29) is 6.04 Å². The van der Waals surface area contributed by atoms with Crippen LogP contribution in [0.2, 0.25) is 5.15 Å². The zero-order valence-corrected chi connectivity index (χ0v) is 13.2. The third-order valence-electron chi connectivity index (χ3n) is 3.20. The Balaban J connectivity index is 2.02. The van der Waals surface area contributed by atoms with E-state index in [1.807, 2.05) is 41.2 Å². The second-order valence-electron chi connectivity index (χ2n) is 5.20. The summed E-state index contributed by atoms with van der Waals surface area (Å²) in [5.74, 6) is 1.34. The van der Waals surface area contributed by atoms with Crippen LogP contribution in [0.4, 0.5) is 0 Å². The van der Waals surface area contributed by atoms with Crippen molar-refractivity contribution in [2.75, 3.05) is 0 Å². The Kier molecular flexibility index (Phi) is 4.11. The Bertz CT molecular complexity index is 769. The van der Waals surface area contributed by atoms with Crippen LogP contribution >= 0.6 is 11.6 Å². The predicted octanol–water partition coefficient (Wildman–Crippen LogP) is 4.97. The van der Waals surface area contributed by atoms with E-state index in [9.17, 15) is 0 Å². The number of hydrogen-bond acceptors (Lipinski definition) is 3. The molecule has 112 valence electrons.